The molecule has 2 aromatic carbocycles. The lowest BCUT2D eigenvalue weighted by atomic mass is 10.0. The summed E-state index contributed by atoms with van der Waals surface area (Å²) in [5.74, 6) is 0.652. The molecule has 1 fully saturated rings. The Hall–Kier alpha value is -2.33. The van der Waals surface area contributed by atoms with E-state index in [1.54, 1.807) is 0 Å². The first kappa shape index (κ1) is 20.4. The molecule has 4 heteroatoms. The van der Waals surface area contributed by atoms with E-state index in [1.807, 2.05) is 0 Å². The zero-order valence-corrected chi connectivity index (χ0v) is 17.4. The number of hydrogen-bond donors (Lipinski definition) is 1. The summed E-state index contributed by atoms with van der Waals surface area (Å²) in [6.45, 7) is 9.22. The fourth-order valence-electron chi connectivity index (χ4n) is 3.63. The number of likely N-dealkylation sites (N-methyl/N-ethyl adjacent to an activating group) is 1. The lowest BCUT2D eigenvalue weighted by Crippen LogP contribution is -2.45. The van der Waals surface area contributed by atoms with Gasteiger partial charge in [0.2, 0.25) is 5.91 Å². The van der Waals surface area contributed by atoms with E-state index in [1.165, 1.54) is 22.4 Å². The van der Waals surface area contributed by atoms with Crippen molar-refractivity contribution in [1.82, 2.24) is 10.2 Å². The second-order valence-electron chi connectivity index (χ2n) is 8.09. The Morgan fingerprint density at radius 1 is 1.00 bits per heavy atom. The molecular weight excluding hydrogens is 346 g/mol. The maximum atomic E-state index is 12.4. The van der Waals surface area contributed by atoms with Gasteiger partial charge in [-0.05, 0) is 42.1 Å². The Labute approximate surface area is 169 Å². The van der Waals surface area contributed by atoms with Crippen molar-refractivity contribution < 1.29 is 4.79 Å². The van der Waals surface area contributed by atoms with Gasteiger partial charge >= 0.3 is 0 Å². The van der Waals surface area contributed by atoms with Gasteiger partial charge in [0, 0.05) is 44.8 Å². The van der Waals surface area contributed by atoms with Crippen molar-refractivity contribution >= 4 is 11.6 Å². The number of anilines is 1. The van der Waals surface area contributed by atoms with Crippen LogP contribution in [0.5, 0.6) is 0 Å². The van der Waals surface area contributed by atoms with Crippen molar-refractivity contribution in [1.29, 1.82) is 0 Å². The quantitative estimate of drug-likeness (QED) is 0.795. The SMILES string of the molecule is CC(C)c1ccc(CCC(=O)NCc2ccccc2N2CCN(C)CC2)cc1. The van der Waals surface area contributed by atoms with Crippen molar-refractivity contribution in [3.8, 4) is 0 Å². The van der Waals surface area contributed by atoms with Gasteiger partial charge in [-0.25, -0.2) is 0 Å². The number of benzene rings is 2. The summed E-state index contributed by atoms with van der Waals surface area (Å²) >= 11 is 0. The molecule has 3 rings (SSSR count). The number of hydrogen-bond acceptors (Lipinski definition) is 3. The molecule has 0 aliphatic carbocycles. The second kappa shape index (κ2) is 9.74. The van der Waals surface area contributed by atoms with E-state index in [2.05, 4.69) is 84.5 Å². The molecule has 0 bridgehead atoms. The highest BCUT2D eigenvalue weighted by Gasteiger charge is 2.16. The Kier molecular flexibility index (Phi) is 7.10. The second-order valence-corrected chi connectivity index (χ2v) is 8.09. The van der Waals surface area contributed by atoms with Gasteiger partial charge in [0.1, 0.15) is 0 Å². The van der Waals surface area contributed by atoms with Gasteiger partial charge in [-0.2, -0.15) is 0 Å². The van der Waals surface area contributed by atoms with Gasteiger partial charge in [0.05, 0.1) is 0 Å². The van der Waals surface area contributed by atoms with Gasteiger partial charge in [-0.1, -0.05) is 56.3 Å². The van der Waals surface area contributed by atoms with Crippen LogP contribution in [0.15, 0.2) is 48.5 Å². The molecule has 1 amide bonds. The normalized spacial score (nSPS) is 15.1. The molecule has 0 aromatic heterocycles. The zero-order valence-electron chi connectivity index (χ0n) is 17.4. The van der Waals surface area contributed by atoms with Gasteiger partial charge in [-0.3, -0.25) is 4.79 Å². The number of aryl methyl sites for hydroxylation is 1. The van der Waals surface area contributed by atoms with Crippen LogP contribution >= 0.6 is 0 Å². The van der Waals surface area contributed by atoms with E-state index in [0.717, 1.165) is 32.6 Å². The van der Waals surface area contributed by atoms with E-state index in [9.17, 15) is 4.79 Å². The summed E-state index contributed by atoms with van der Waals surface area (Å²) in [6, 6.07) is 17.1. The minimum absolute atomic E-state index is 0.112. The summed E-state index contributed by atoms with van der Waals surface area (Å²) in [5.41, 5.74) is 5.01. The molecule has 2 aromatic rings. The number of nitrogens with one attached hydrogen (secondary N) is 1. The summed E-state index contributed by atoms with van der Waals surface area (Å²) in [6.07, 6.45) is 1.31. The van der Waals surface area contributed by atoms with Crippen LogP contribution in [0.3, 0.4) is 0 Å². The number of carbonyl (C=O) groups excluding carboxylic acids is 1. The van der Waals surface area contributed by atoms with Crippen molar-refractivity contribution in [2.24, 2.45) is 0 Å². The third kappa shape index (κ3) is 5.59. The summed E-state index contributed by atoms with van der Waals surface area (Å²) in [4.78, 5) is 17.1. The Balaban J connectivity index is 1.50. The highest BCUT2D eigenvalue weighted by Crippen LogP contribution is 2.21. The third-order valence-electron chi connectivity index (χ3n) is 5.60. The maximum Gasteiger partial charge on any atom is 0.220 e. The van der Waals surface area contributed by atoms with E-state index in [-0.39, 0.29) is 5.91 Å². The number of rotatable bonds is 7. The fraction of sp³-hybridized carbons (Fsp3) is 0.458. The monoisotopic (exact) mass is 379 g/mol. The predicted molar refractivity (Wildman–Crippen MR) is 117 cm³/mol. The number of carbonyl (C=O) groups is 1. The van der Waals surface area contributed by atoms with Gasteiger partial charge in [-0.15, -0.1) is 0 Å². The molecule has 28 heavy (non-hydrogen) atoms. The number of nitrogens with zero attached hydrogens (tertiary/aromatic N) is 2. The molecule has 1 saturated heterocycles. The van der Waals surface area contributed by atoms with Crippen LogP contribution in [0.2, 0.25) is 0 Å². The molecule has 0 atom stereocenters. The smallest absolute Gasteiger partial charge is 0.220 e. The van der Waals surface area contributed by atoms with Crippen molar-refractivity contribution in [3.63, 3.8) is 0 Å². The van der Waals surface area contributed by atoms with E-state index >= 15 is 0 Å². The summed E-state index contributed by atoms with van der Waals surface area (Å²) in [5, 5.41) is 3.11. The average molecular weight is 380 g/mol. The molecule has 1 aliphatic heterocycles. The highest BCUT2D eigenvalue weighted by atomic mass is 16.1. The lowest BCUT2D eigenvalue weighted by molar-refractivity contribution is -0.121. The number of amides is 1. The van der Waals surface area contributed by atoms with Crippen LogP contribution < -0.4 is 10.2 Å². The summed E-state index contributed by atoms with van der Waals surface area (Å²) in [7, 11) is 2.17. The Bertz CT molecular complexity index is 762. The molecule has 1 heterocycles. The van der Waals surface area contributed by atoms with Gasteiger partial charge in [0.25, 0.3) is 0 Å². The summed E-state index contributed by atoms with van der Waals surface area (Å²) < 4.78 is 0. The number of para-hydroxylation sites is 1. The minimum atomic E-state index is 0.112. The maximum absolute atomic E-state index is 12.4. The first-order valence-electron chi connectivity index (χ1n) is 10.4. The molecule has 0 radical (unpaired) electrons. The zero-order chi connectivity index (χ0) is 19.9. The molecule has 0 unspecified atom stereocenters. The minimum Gasteiger partial charge on any atom is -0.369 e. The largest absolute Gasteiger partial charge is 0.369 e. The topological polar surface area (TPSA) is 35.6 Å². The standard InChI is InChI=1S/C24H33N3O/c1-19(2)21-11-8-20(9-12-21)10-13-24(28)25-18-22-6-4-5-7-23(22)27-16-14-26(3)15-17-27/h4-9,11-12,19H,10,13-18H2,1-3H3,(H,25,28). The van der Waals surface area contributed by atoms with Crippen molar-refractivity contribution in [2.45, 2.75) is 39.2 Å². The third-order valence-corrected chi connectivity index (χ3v) is 5.60. The Morgan fingerprint density at radius 3 is 2.36 bits per heavy atom. The molecule has 0 spiro atoms. The van der Waals surface area contributed by atoms with Crippen LogP contribution in [0.1, 0.15) is 42.9 Å². The van der Waals surface area contributed by atoms with E-state index in [0.29, 0.717) is 18.9 Å². The molecule has 1 aliphatic rings. The van der Waals surface area contributed by atoms with Crippen LogP contribution in [-0.2, 0) is 17.8 Å². The van der Waals surface area contributed by atoms with Crippen molar-refractivity contribution in [2.75, 3.05) is 38.1 Å². The first-order valence-corrected chi connectivity index (χ1v) is 10.4. The molecular formula is C24H33N3O. The average Bonchev–Trinajstić information content (AvgIpc) is 2.72. The van der Waals surface area contributed by atoms with Crippen LogP contribution in [0.25, 0.3) is 0 Å². The van der Waals surface area contributed by atoms with Crippen LogP contribution in [-0.4, -0.2) is 44.0 Å². The fourth-order valence-corrected chi connectivity index (χ4v) is 3.63. The van der Waals surface area contributed by atoms with Gasteiger partial charge < -0.3 is 15.1 Å². The van der Waals surface area contributed by atoms with E-state index < -0.39 is 0 Å². The van der Waals surface area contributed by atoms with Crippen molar-refractivity contribution in [3.05, 3.63) is 65.2 Å². The first-order chi connectivity index (χ1) is 13.5. The highest BCUT2D eigenvalue weighted by molar-refractivity contribution is 5.76. The number of piperazine rings is 1. The van der Waals surface area contributed by atoms with Crippen LogP contribution in [0.4, 0.5) is 5.69 Å². The predicted octanol–water partition coefficient (Wildman–Crippen LogP) is 3.81. The molecule has 0 saturated carbocycles. The van der Waals surface area contributed by atoms with Crippen LogP contribution in [0, 0.1) is 0 Å². The van der Waals surface area contributed by atoms with E-state index in [4.69, 9.17) is 0 Å². The molecule has 1 N–H and O–H groups in total. The van der Waals surface area contributed by atoms with Gasteiger partial charge in [0.15, 0.2) is 0 Å². The molecule has 150 valence electrons. The Morgan fingerprint density at radius 2 is 1.68 bits per heavy atom. The lowest BCUT2D eigenvalue weighted by Gasteiger charge is -2.35. The molecule has 4 nitrogen and oxygen atoms in total.